The van der Waals surface area contributed by atoms with Gasteiger partial charge in [-0.1, -0.05) is 6.92 Å². The molecule has 1 unspecified atom stereocenters. The fourth-order valence-corrected chi connectivity index (χ4v) is 2.27. The molecule has 0 saturated heterocycles. The first-order valence-electron chi connectivity index (χ1n) is 6.56. The van der Waals surface area contributed by atoms with E-state index in [4.69, 9.17) is 0 Å². The molecule has 0 rings (SSSR count). The van der Waals surface area contributed by atoms with Gasteiger partial charge in [0.1, 0.15) is 0 Å². The van der Waals surface area contributed by atoms with Crippen molar-refractivity contribution in [2.75, 3.05) is 46.6 Å². The number of quaternary nitrogens is 1. The van der Waals surface area contributed by atoms with Gasteiger partial charge in [-0.25, -0.2) is 0 Å². The summed E-state index contributed by atoms with van der Waals surface area (Å²) < 4.78 is 27.6. The number of rotatable bonds is 10. The number of nitrogens with one attached hydrogen (secondary N) is 1. The molecular weight excluding hydrogens is 252 g/mol. The van der Waals surface area contributed by atoms with Crippen LogP contribution in [0.4, 0.5) is 0 Å². The molecule has 0 aliphatic carbocycles. The van der Waals surface area contributed by atoms with Crippen molar-refractivity contribution in [1.82, 2.24) is 5.32 Å². The molecule has 5 nitrogen and oxygen atoms in total. The van der Waals surface area contributed by atoms with Crippen LogP contribution in [0.25, 0.3) is 0 Å². The monoisotopic (exact) mass is 281 g/mol. The van der Waals surface area contributed by atoms with Crippen LogP contribution in [-0.4, -0.2) is 65.5 Å². The van der Waals surface area contributed by atoms with E-state index in [1.807, 2.05) is 0 Å². The molecule has 0 spiro atoms. The van der Waals surface area contributed by atoms with E-state index in [1.54, 1.807) is 0 Å². The van der Waals surface area contributed by atoms with Gasteiger partial charge >= 0.3 is 0 Å². The molecule has 0 aromatic rings. The molecule has 0 amide bonds. The van der Waals surface area contributed by atoms with Crippen molar-refractivity contribution >= 4 is 10.1 Å². The van der Waals surface area contributed by atoms with Crippen LogP contribution in [0.5, 0.6) is 0 Å². The maximum atomic E-state index is 11.2. The van der Waals surface area contributed by atoms with Gasteiger partial charge in [-0.05, 0) is 13.3 Å². The first-order chi connectivity index (χ1) is 8.22. The zero-order valence-electron chi connectivity index (χ0n) is 12.4. The Bertz CT molecular complexity index is 315. The molecule has 0 aromatic heterocycles. The number of nitrogens with zero attached hydrogens (tertiary/aromatic N) is 1. The van der Waals surface area contributed by atoms with Crippen LogP contribution in [0.3, 0.4) is 0 Å². The predicted octanol–water partition coefficient (Wildman–Crippen LogP) is 0.817. The summed E-state index contributed by atoms with van der Waals surface area (Å²) in [5, 5.41) is 3.45. The van der Waals surface area contributed by atoms with Gasteiger partial charge in [-0.2, -0.15) is 8.42 Å². The second-order valence-electron chi connectivity index (χ2n) is 5.43. The van der Waals surface area contributed by atoms with Gasteiger partial charge in [0.2, 0.25) is 0 Å². The zero-order chi connectivity index (χ0) is 14.2. The first kappa shape index (κ1) is 17.8. The lowest BCUT2D eigenvalue weighted by atomic mass is 10.2. The molecular formula is C12H29N2O3S+. The highest BCUT2D eigenvalue weighted by molar-refractivity contribution is 7.86. The number of hydrogen-bond acceptors (Lipinski definition) is 4. The Kier molecular flexibility index (Phi) is 8.02. The Balaban J connectivity index is 3.87. The largest absolute Gasteiger partial charge is 0.327 e. The van der Waals surface area contributed by atoms with Gasteiger partial charge < -0.3 is 9.80 Å². The highest BCUT2D eigenvalue weighted by Gasteiger charge is 2.17. The van der Waals surface area contributed by atoms with Gasteiger partial charge in [0.25, 0.3) is 10.1 Å². The molecule has 1 atom stereocenters. The molecule has 0 aliphatic rings. The Morgan fingerprint density at radius 3 is 2.39 bits per heavy atom. The predicted molar refractivity (Wildman–Crippen MR) is 75.0 cm³/mol. The van der Waals surface area contributed by atoms with Crippen LogP contribution in [-0.2, 0) is 14.3 Å². The van der Waals surface area contributed by atoms with Crippen molar-refractivity contribution in [3.63, 3.8) is 0 Å². The van der Waals surface area contributed by atoms with Crippen molar-refractivity contribution in [3.8, 4) is 0 Å². The van der Waals surface area contributed by atoms with Crippen LogP contribution < -0.4 is 5.32 Å². The van der Waals surface area contributed by atoms with Gasteiger partial charge in [0.05, 0.1) is 40.0 Å². The van der Waals surface area contributed by atoms with E-state index in [2.05, 4.69) is 37.4 Å². The van der Waals surface area contributed by atoms with E-state index in [0.29, 0.717) is 12.5 Å². The summed E-state index contributed by atoms with van der Waals surface area (Å²) >= 11 is 0. The fourth-order valence-electron chi connectivity index (χ4n) is 1.62. The van der Waals surface area contributed by atoms with Crippen LogP contribution >= 0.6 is 0 Å². The van der Waals surface area contributed by atoms with Gasteiger partial charge in [0, 0.05) is 19.0 Å². The number of likely N-dealkylation sites (N-methyl/N-ethyl adjacent to an activating group) is 1. The minimum absolute atomic E-state index is 0.101. The summed E-state index contributed by atoms with van der Waals surface area (Å²) in [5.41, 5.74) is 0. The van der Waals surface area contributed by atoms with Crippen molar-refractivity contribution in [2.24, 2.45) is 0 Å². The fraction of sp³-hybridized carbons (Fsp3) is 1.00. The SMILES string of the molecule is CCC(C)NCC[N+](C)(C)CCCS(=O)(=O)OC. The molecule has 0 heterocycles. The van der Waals surface area contributed by atoms with Gasteiger partial charge in [0.15, 0.2) is 0 Å². The van der Waals surface area contributed by atoms with Gasteiger partial charge in [-0.3, -0.25) is 4.18 Å². The lowest BCUT2D eigenvalue weighted by Gasteiger charge is -2.30. The zero-order valence-corrected chi connectivity index (χ0v) is 13.2. The molecule has 0 bridgehead atoms. The minimum Gasteiger partial charge on any atom is -0.327 e. The third-order valence-corrected chi connectivity index (χ3v) is 4.53. The van der Waals surface area contributed by atoms with Crippen molar-refractivity contribution in [3.05, 3.63) is 0 Å². The standard InChI is InChI=1S/C12H29N2O3S/c1-6-12(2)13-8-10-14(3,4)9-7-11-18(15,16)17-5/h12-13H,6-11H2,1-5H3/q+1. The van der Waals surface area contributed by atoms with Gasteiger partial charge in [-0.15, -0.1) is 0 Å². The lowest BCUT2D eigenvalue weighted by molar-refractivity contribution is -0.889. The average molecular weight is 281 g/mol. The third kappa shape index (κ3) is 8.85. The molecule has 18 heavy (non-hydrogen) atoms. The Hall–Kier alpha value is -0.170. The summed E-state index contributed by atoms with van der Waals surface area (Å²) in [4.78, 5) is 0. The van der Waals surface area contributed by atoms with Crippen molar-refractivity contribution in [1.29, 1.82) is 0 Å². The normalized spacial score (nSPS) is 14.7. The van der Waals surface area contributed by atoms with Crippen LogP contribution in [0.15, 0.2) is 0 Å². The van der Waals surface area contributed by atoms with Crippen molar-refractivity contribution < 1.29 is 17.1 Å². The van der Waals surface area contributed by atoms with Crippen LogP contribution in [0.1, 0.15) is 26.7 Å². The maximum Gasteiger partial charge on any atom is 0.267 e. The molecule has 0 aliphatic heterocycles. The summed E-state index contributed by atoms with van der Waals surface area (Å²) in [5.74, 6) is 0.101. The quantitative estimate of drug-likeness (QED) is 0.476. The summed E-state index contributed by atoms with van der Waals surface area (Å²) in [7, 11) is 2.15. The van der Waals surface area contributed by atoms with Crippen LogP contribution in [0, 0.1) is 0 Å². The van der Waals surface area contributed by atoms with E-state index in [0.717, 1.165) is 30.5 Å². The molecule has 6 heteroatoms. The highest BCUT2D eigenvalue weighted by atomic mass is 32.2. The summed E-state index contributed by atoms with van der Waals surface area (Å²) in [6, 6.07) is 0.541. The van der Waals surface area contributed by atoms with E-state index in [-0.39, 0.29) is 5.75 Å². The maximum absolute atomic E-state index is 11.2. The highest BCUT2D eigenvalue weighted by Crippen LogP contribution is 2.02. The molecule has 0 saturated carbocycles. The Morgan fingerprint density at radius 2 is 1.89 bits per heavy atom. The molecule has 0 radical (unpaired) electrons. The minimum atomic E-state index is -3.31. The van der Waals surface area contributed by atoms with Crippen molar-refractivity contribution in [2.45, 2.75) is 32.7 Å². The van der Waals surface area contributed by atoms with Crippen LogP contribution in [0.2, 0.25) is 0 Å². The van der Waals surface area contributed by atoms with E-state index < -0.39 is 10.1 Å². The third-order valence-electron chi connectivity index (χ3n) is 3.23. The number of hydrogen-bond donors (Lipinski definition) is 1. The Labute approximate surface area is 112 Å². The topological polar surface area (TPSA) is 55.4 Å². The lowest BCUT2D eigenvalue weighted by Crippen LogP contribution is -2.46. The molecule has 0 aromatic carbocycles. The summed E-state index contributed by atoms with van der Waals surface area (Å²) in [6.45, 7) is 7.12. The first-order valence-corrected chi connectivity index (χ1v) is 8.14. The van der Waals surface area contributed by atoms with E-state index in [9.17, 15) is 8.42 Å². The molecule has 0 fully saturated rings. The average Bonchev–Trinajstić information content (AvgIpc) is 2.28. The van der Waals surface area contributed by atoms with E-state index >= 15 is 0 Å². The smallest absolute Gasteiger partial charge is 0.267 e. The molecule has 110 valence electrons. The second-order valence-corrected chi connectivity index (χ2v) is 7.29. The summed E-state index contributed by atoms with van der Waals surface area (Å²) in [6.07, 6.45) is 1.76. The Morgan fingerprint density at radius 1 is 1.28 bits per heavy atom. The van der Waals surface area contributed by atoms with E-state index in [1.165, 1.54) is 7.11 Å². The molecule has 1 N–H and O–H groups in total. The second kappa shape index (κ2) is 8.09.